The highest BCUT2D eigenvalue weighted by molar-refractivity contribution is 7.17. The van der Waals surface area contributed by atoms with Gasteiger partial charge in [0, 0.05) is 56.7 Å². The van der Waals surface area contributed by atoms with Gasteiger partial charge in [0.05, 0.1) is 13.2 Å². The van der Waals surface area contributed by atoms with Crippen LogP contribution in [0.3, 0.4) is 0 Å². The van der Waals surface area contributed by atoms with Gasteiger partial charge in [0.2, 0.25) is 5.95 Å². The number of aromatic nitrogens is 2. The molecular weight excluding hydrogens is 382 g/mol. The smallest absolute Gasteiger partial charge is 0.227 e. The van der Waals surface area contributed by atoms with Gasteiger partial charge < -0.3 is 14.5 Å². The summed E-state index contributed by atoms with van der Waals surface area (Å²) in [5.74, 6) is 1.83. The molecule has 1 atom stereocenters. The molecule has 0 N–H and O–H groups in total. The molecule has 152 valence electrons. The summed E-state index contributed by atoms with van der Waals surface area (Å²) in [5, 5.41) is 3.72. The van der Waals surface area contributed by atoms with Crippen molar-refractivity contribution in [1.82, 2.24) is 14.9 Å². The summed E-state index contributed by atoms with van der Waals surface area (Å²) < 4.78 is 6.83. The molecule has 0 amide bonds. The Bertz CT molecular complexity index is 971. The maximum Gasteiger partial charge on any atom is 0.227 e. The van der Waals surface area contributed by atoms with E-state index >= 15 is 0 Å². The molecule has 4 heterocycles. The van der Waals surface area contributed by atoms with Crippen molar-refractivity contribution < 1.29 is 4.74 Å². The van der Waals surface area contributed by atoms with Crippen molar-refractivity contribution in [3.05, 3.63) is 47.5 Å². The highest BCUT2D eigenvalue weighted by Crippen LogP contribution is 2.29. The molecule has 0 spiro atoms. The van der Waals surface area contributed by atoms with E-state index in [2.05, 4.69) is 56.4 Å². The Balaban J connectivity index is 1.25. The third-order valence-electron chi connectivity index (χ3n) is 6.03. The molecule has 1 aromatic carbocycles. The van der Waals surface area contributed by atoms with E-state index in [-0.39, 0.29) is 0 Å². The van der Waals surface area contributed by atoms with Crippen LogP contribution in [0, 0.1) is 0 Å². The van der Waals surface area contributed by atoms with Crippen LogP contribution in [-0.2, 0) is 11.3 Å². The molecule has 2 aromatic heterocycles. The van der Waals surface area contributed by atoms with E-state index in [0.29, 0.717) is 6.04 Å². The Kier molecular flexibility index (Phi) is 5.35. The van der Waals surface area contributed by atoms with Crippen LogP contribution in [-0.4, -0.2) is 67.4 Å². The van der Waals surface area contributed by atoms with Gasteiger partial charge in [0.1, 0.15) is 5.82 Å². The summed E-state index contributed by atoms with van der Waals surface area (Å²) in [6, 6.07) is 11.2. The van der Waals surface area contributed by atoms with Crippen LogP contribution in [0.15, 0.2) is 41.9 Å². The summed E-state index contributed by atoms with van der Waals surface area (Å²) in [6.07, 6.45) is 3.04. The monoisotopic (exact) mass is 409 g/mol. The Morgan fingerprint density at radius 3 is 2.93 bits per heavy atom. The van der Waals surface area contributed by atoms with Crippen molar-refractivity contribution in [3.63, 3.8) is 0 Å². The number of fused-ring (bicyclic) bond motifs is 1. The SMILES string of the molecule is CN(c1ccnc(N2CCOCC2)n1)C1CCN(Cc2csc3ccccc23)C1. The number of ether oxygens (including phenoxy) is 1. The fraction of sp³-hybridized carbons (Fsp3) is 0.455. The topological polar surface area (TPSA) is 44.7 Å². The van der Waals surface area contributed by atoms with Crippen molar-refractivity contribution in [3.8, 4) is 0 Å². The molecular formula is C22H27N5OS. The normalized spacial score (nSPS) is 20.4. The quantitative estimate of drug-likeness (QED) is 0.645. The molecule has 6 nitrogen and oxygen atoms in total. The molecule has 3 aromatic rings. The predicted octanol–water partition coefficient (Wildman–Crippen LogP) is 3.24. The molecule has 0 aliphatic carbocycles. The molecule has 2 aliphatic rings. The Morgan fingerprint density at radius 2 is 2.03 bits per heavy atom. The standard InChI is InChI=1S/C22H27N5OS/c1-25(21-6-8-23-22(24-21)27-10-12-28-13-11-27)18-7-9-26(15-18)14-17-16-29-20-5-3-2-4-19(17)20/h2-6,8,16,18H,7,9-15H2,1H3. The van der Waals surface area contributed by atoms with Gasteiger partial charge >= 0.3 is 0 Å². The summed E-state index contributed by atoms with van der Waals surface area (Å²) in [7, 11) is 2.17. The molecule has 2 saturated heterocycles. The van der Waals surface area contributed by atoms with Crippen molar-refractivity contribution >= 4 is 33.2 Å². The Labute approximate surface area is 175 Å². The summed E-state index contributed by atoms with van der Waals surface area (Å²) in [6.45, 7) is 6.43. The van der Waals surface area contributed by atoms with Gasteiger partial charge in [0.15, 0.2) is 0 Å². The van der Waals surface area contributed by atoms with Crippen molar-refractivity contribution in [2.75, 3.05) is 56.2 Å². The second-order valence-corrected chi connectivity index (χ2v) is 8.77. The minimum Gasteiger partial charge on any atom is -0.378 e. The van der Waals surface area contributed by atoms with Crippen LogP contribution in [0.5, 0.6) is 0 Å². The second kappa shape index (κ2) is 8.26. The van der Waals surface area contributed by atoms with Gasteiger partial charge in [-0.2, -0.15) is 4.98 Å². The average Bonchev–Trinajstić information content (AvgIpc) is 3.42. The maximum atomic E-state index is 5.45. The molecule has 0 radical (unpaired) electrons. The van der Waals surface area contributed by atoms with Gasteiger partial charge in [-0.15, -0.1) is 11.3 Å². The molecule has 1 unspecified atom stereocenters. The van der Waals surface area contributed by atoms with Crippen molar-refractivity contribution in [1.29, 1.82) is 0 Å². The fourth-order valence-electron chi connectivity index (χ4n) is 4.31. The number of anilines is 2. The molecule has 5 rings (SSSR count). The molecule has 2 aliphatic heterocycles. The Hall–Kier alpha value is -2.22. The highest BCUT2D eigenvalue weighted by Gasteiger charge is 2.27. The fourth-order valence-corrected chi connectivity index (χ4v) is 5.26. The molecule has 0 bridgehead atoms. The van der Waals surface area contributed by atoms with Crippen LogP contribution >= 0.6 is 11.3 Å². The lowest BCUT2D eigenvalue weighted by Crippen LogP contribution is -2.38. The van der Waals surface area contributed by atoms with E-state index in [1.54, 1.807) is 0 Å². The Morgan fingerprint density at radius 1 is 1.17 bits per heavy atom. The van der Waals surface area contributed by atoms with Crippen molar-refractivity contribution in [2.45, 2.75) is 19.0 Å². The number of hydrogen-bond acceptors (Lipinski definition) is 7. The van der Waals surface area contributed by atoms with Crippen LogP contribution in [0.2, 0.25) is 0 Å². The lowest BCUT2D eigenvalue weighted by molar-refractivity contribution is 0.122. The molecule has 7 heteroatoms. The van der Waals surface area contributed by atoms with E-state index in [0.717, 1.165) is 64.1 Å². The minimum atomic E-state index is 0.479. The number of thiophene rings is 1. The minimum absolute atomic E-state index is 0.479. The number of hydrogen-bond donors (Lipinski definition) is 0. The van der Waals surface area contributed by atoms with Crippen molar-refractivity contribution in [2.24, 2.45) is 0 Å². The third-order valence-corrected chi connectivity index (χ3v) is 7.05. The average molecular weight is 410 g/mol. The largest absolute Gasteiger partial charge is 0.378 e. The first-order chi connectivity index (χ1) is 14.3. The number of likely N-dealkylation sites (N-methyl/N-ethyl adjacent to an activating group) is 1. The van der Waals surface area contributed by atoms with E-state index < -0.39 is 0 Å². The van der Waals surface area contributed by atoms with Crippen LogP contribution in [0.4, 0.5) is 11.8 Å². The van der Waals surface area contributed by atoms with Crippen LogP contribution in [0.25, 0.3) is 10.1 Å². The molecule has 2 fully saturated rings. The van der Waals surface area contributed by atoms with Gasteiger partial charge in [0.25, 0.3) is 0 Å². The summed E-state index contributed by atoms with van der Waals surface area (Å²) in [4.78, 5) is 16.5. The summed E-state index contributed by atoms with van der Waals surface area (Å²) in [5.41, 5.74) is 1.45. The van der Waals surface area contributed by atoms with Gasteiger partial charge in [-0.25, -0.2) is 4.98 Å². The molecule has 0 saturated carbocycles. The predicted molar refractivity (Wildman–Crippen MR) is 119 cm³/mol. The number of rotatable bonds is 5. The van der Waals surface area contributed by atoms with E-state index in [1.165, 1.54) is 15.6 Å². The first-order valence-corrected chi connectivity index (χ1v) is 11.2. The van der Waals surface area contributed by atoms with E-state index in [1.807, 2.05) is 23.6 Å². The molecule has 29 heavy (non-hydrogen) atoms. The second-order valence-electron chi connectivity index (χ2n) is 7.86. The summed E-state index contributed by atoms with van der Waals surface area (Å²) >= 11 is 1.85. The first kappa shape index (κ1) is 18.8. The first-order valence-electron chi connectivity index (χ1n) is 10.3. The number of likely N-dealkylation sites (tertiary alicyclic amines) is 1. The number of benzene rings is 1. The van der Waals surface area contributed by atoms with E-state index in [4.69, 9.17) is 9.72 Å². The highest BCUT2D eigenvalue weighted by atomic mass is 32.1. The van der Waals surface area contributed by atoms with Gasteiger partial charge in [-0.05, 0) is 34.9 Å². The lowest BCUT2D eigenvalue weighted by atomic mass is 10.2. The van der Waals surface area contributed by atoms with Gasteiger partial charge in [-0.1, -0.05) is 18.2 Å². The van der Waals surface area contributed by atoms with E-state index in [9.17, 15) is 0 Å². The lowest BCUT2D eigenvalue weighted by Gasteiger charge is -2.29. The zero-order valence-corrected chi connectivity index (χ0v) is 17.6. The zero-order valence-electron chi connectivity index (χ0n) is 16.8. The van der Waals surface area contributed by atoms with Crippen LogP contribution < -0.4 is 9.80 Å². The maximum absolute atomic E-state index is 5.45. The van der Waals surface area contributed by atoms with Crippen LogP contribution in [0.1, 0.15) is 12.0 Å². The third kappa shape index (κ3) is 3.95. The number of morpholine rings is 1. The number of nitrogens with zero attached hydrogens (tertiary/aromatic N) is 5. The van der Waals surface area contributed by atoms with Gasteiger partial charge in [-0.3, -0.25) is 4.90 Å². The zero-order chi connectivity index (χ0) is 19.6.